The molecule has 1 amide bonds. The minimum Gasteiger partial charge on any atom is -0.355 e. The minimum absolute atomic E-state index is 0.0858. The Balaban J connectivity index is 2.47. The first-order valence-electron chi connectivity index (χ1n) is 4.53. The number of benzene rings is 1. The highest BCUT2D eigenvalue weighted by atomic mass is 19.1. The van der Waals surface area contributed by atoms with Crippen molar-refractivity contribution in [1.29, 1.82) is 0 Å². The fourth-order valence-corrected chi connectivity index (χ4v) is 1.17. The third-order valence-electron chi connectivity index (χ3n) is 1.84. The number of amides is 1. The van der Waals surface area contributed by atoms with Crippen molar-refractivity contribution in [2.75, 3.05) is 13.1 Å². The third kappa shape index (κ3) is 4.03. The lowest BCUT2D eigenvalue weighted by Crippen LogP contribution is -2.31. The number of carbonyl (C=O) groups excluding carboxylic acids is 1. The maximum absolute atomic E-state index is 12.7. The molecule has 0 aliphatic heterocycles. The predicted octanol–water partition coefficient (Wildman–Crippen LogP) is 0.582. The molecular formula is C10H12F2N2O. The Morgan fingerprint density at radius 3 is 2.40 bits per heavy atom. The van der Waals surface area contributed by atoms with Crippen molar-refractivity contribution in [2.45, 2.75) is 6.42 Å². The SMILES string of the molecule is NCC(=O)NCCc1cc(F)cc(F)c1. The van der Waals surface area contributed by atoms with Crippen molar-refractivity contribution in [3.8, 4) is 0 Å². The zero-order valence-corrected chi connectivity index (χ0v) is 8.09. The van der Waals surface area contributed by atoms with E-state index in [2.05, 4.69) is 5.32 Å². The first kappa shape index (κ1) is 11.6. The second kappa shape index (κ2) is 5.41. The third-order valence-corrected chi connectivity index (χ3v) is 1.84. The maximum Gasteiger partial charge on any atom is 0.233 e. The lowest BCUT2D eigenvalue weighted by atomic mass is 10.1. The highest BCUT2D eigenvalue weighted by molar-refractivity contribution is 5.77. The summed E-state index contributed by atoms with van der Waals surface area (Å²) in [4.78, 5) is 10.8. The zero-order valence-electron chi connectivity index (χ0n) is 8.09. The van der Waals surface area contributed by atoms with Gasteiger partial charge in [-0.15, -0.1) is 0 Å². The van der Waals surface area contributed by atoms with Crippen LogP contribution in [-0.4, -0.2) is 19.0 Å². The lowest BCUT2D eigenvalue weighted by molar-refractivity contribution is -0.119. The Labute approximate surface area is 86.3 Å². The van der Waals surface area contributed by atoms with Gasteiger partial charge in [-0.1, -0.05) is 0 Å². The molecule has 0 spiro atoms. The van der Waals surface area contributed by atoms with Crippen molar-refractivity contribution < 1.29 is 13.6 Å². The van der Waals surface area contributed by atoms with Gasteiger partial charge in [0.15, 0.2) is 0 Å². The number of carbonyl (C=O) groups is 1. The van der Waals surface area contributed by atoms with Gasteiger partial charge in [0.05, 0.1) is 6.54 Å². The fraction of sp³-hybridized carbons (Fsp3) is 0.300. The first-order valence-corrected chi connectivity index (χ1v) is 4.53. The molecule has 0 radical (unpaired) electrons. The quantitative estimate of drug-likeness (QED) is 0.770. The molecule has 0 fully saturated rings. The molecule has 15 heavy (non-hydrogen) atoms. The number of hydrogen-bond acceptors (Lipinski definition) is 2. The second-order valence-electron chi connectivity index (χ2n) is 3.08. The Bertz CT molecular complexity index is 335. The van der Waals surface area contributed by atoms with E-state index >= 15 is 0 Å². The van der Waals surface area contributed by atoms with Crippen molar-refractivity contribution >= 4 is 5.91 Å². The summed E-state index contributed by atoms with van der Waals surface area (Å²) in [5, 5.41) is 2.51. The van der Waals surface area contributed by atoms with E-state index in [9.17, 15) is 13.6 Å². The highest BCUT2D eigenvalue weighted by Crippen LogP contribution is 2.07. The van der Waals surface area contributed by atoms with Gasteiger partial charge in [-0.25, -0.2) is 8.78 Å². The molecule has 1 aromatic carbocycles. The summed E-state index contributed by atoms with van der Waals surface area (Å²) < 4.78 is 25.5. The van der Waals surface area contributed by atoms with E-state index in [1.807, 2.05) is 0 Å². The van der Waals surface area contributed by atoms with E-state index in [1.165, 1.54) is 12.1 Å². The van der Waals surface area contributed by atoms with Gasteiger partial charge in [-0.2, -0.15) is 0 Å². The Morgan fingerprint density at radius 2 is 1.87 bits per heavy atom. The predicted molar refractivity (Wildman–Crippen MR) is 52.1 cm³/mol. The summed E-state index contributed by atoms with van der Waals surface area (Å²) in [5.41, 5.74) is 5.57. The molecule has 0 saturated carbocycles. The van der Waals surface area contributed by atoms with Gasteiger partial charge >= 0.3 is 0 Å². The first-order chi connectivity index (χ1) is 7.11. The van der Waals surface area contributed by atoms with Crippen molar-refractivity contribution in [3.63, 3.8) is 0 Å². The van der Waals surface area contributed by atoms with Crippen LogP contribution in [0.2, 0.25) is 0 Å². The van der Waals surface area contributed by atoms with Gasteiger partial charge in [0, 0.05) is 12.6 Å². The van der Waals surface area contributed by atoms with Crippen LogP contribution in [0.5, 0.6) is 0 Å². The molecule has 0 aromatic heterocycles. The van der Waals surface area contributed by atoms with E-state index < -0.39 is 11.6 Å². The zero-order chi connectivity index (χ0) is 11.3. The molecule has 5 heteroatoms. The van der Waals surface area contributed by atoms with Crippen LogP contribution >= 0.6 is 0 Å². The number of nitrogens with two attached hydrogens (primary N) is 1. The maximum atomic E-state index is 12.7. The van der Waals surface area contributed by atoms with Gasteiger partial charge < -0.3 is 11.1 Å². The summed E-state index contributed by atoms with van der Waals surface area (Å²) >= 11 is 0. The van der Waals surface area contributed by atoms with E-state index in [0.29, 0.717) is 18.5 Å². The van der Waals surface area contributed by atoms with E-state index in [4.69, 9.17) is 5.73 Å². The van der Waals surface area contributed by atoms with Crippen LogP contribution < -0.4 is 11.1 Å². The smallest absolute Gasteiger partial charge is 0.233 e. The Morgan fingerprint density at radius 1 is 1.27 bits per heavy atom. The molecule has 3 N–H and O–H groups in total. The molecule has 0 aliphatic rings. The summed E-state index contributed by atoms with van der Waals surface area (Å²) in [6.45, 7) is 0.233. The molecule has 82 valence electrons. The normalized spacial score (nSPS) is 10.1. The van der Waals surface area contributed by atoms with Gasteiger partial charge in [-0.3, -0.25) is 4.79 Å². The van der Waals surface area contributed by atoms with Crippen LogP contribution in [0.1, 0.15) is 5.56 Å². The van der Waals surface area contributed by atoms with Crippen molar-refractivity contribution in [3.05, 3.63) is 35.4 Å². The molecule has 3 nitrogen and oxygen atoms in total. The van der Waals surface area contributed by atoms with Gasteiger partial charge in [-0.05, 0) is 24.1 Å². The van der Waals surface area contributed by atoms with E-state index in [1.54, 1.807) is 0 Å². The molecule has 0 atom stereocenters. The molecule has 0 unspecified atom stereocenters. The molecule has 0 saturated heterocycles. The van der Waals surface area contributed by atoms with Crippen molar-refractivity contribution in [2.24, 2.45) is 5.73 Å². The summed E-state index contributed by atoms with van der Waals surface area (Å²) in [6, 6.07) is 3.28. The monoisotopic (exact) mass is 214 g/mol. The molecule has 0 bridgehead atoms. The molecule has 0 heterocycles. The molecule has 1 rings (SSSR count). The molecule has 0 aliphatic carbocycles. The van der Waals surface area contributed by atoms with Crippen LogP contribution in [0.15, 0.2) is 18.2 Å². The number of halogens is 2. The topological polar surface area (TPSA) is 55.1 Å². The van der Waals surface area contributed by atoms with Gasteiger partial charge in [0.2, 0.25) is 5.91 Å². The van der Waals surface area contributed by atoms with Crippen LogP contribution in [0.25, 0.3) is 0 Å². The Kier molecular flexibility index (Phi) is 4.17. The van der Waals surface area contributed by atoms with Crippen LogP contribution in [0.3, 0.4) is 0 Å². The summed E-state index contributed by atoms with van der Waals surface area (Å²) in [7, 11) is 0. The highest BCUT2D eigenvalue weighted by Gasteiger charge is 2.01. The van der Waals surface area contributed by atoms with E-state index in [-0.39, 0.29) is 12.5 Å². The fourth-order valence-electron chi connectivity index (χ4n) is 1.17. The average molecular weight is 214 g/mol. The van der Waals surface area contributed by atoms with Gasteiger partial charge in [0.25, 0.3) is 0 Å². The number of rotatable bonds is 4. The van der Waals surface area contributed by atoms with Gasteiger partial charge in [0.1, 0.15) is 11.6 Å². The lowest BCUT2D eigenvalue weighted by Gasteiger charge is -2.04. The average Bonchev–Trinajstić information content (AvgIpc) is 2.16. The van der Waals surface area contributed by atoms with E-state index in [0.717, 1.165) is 6.07 Å². The number of nitrogens with one attached hydrogen (secondary N) is 1. The minimum atomic E-state index is -0.616. The molecular weight excluding hydrogens is 202 g/mol. The van der Waals surface area contributed by atoms with Crippen LogP contribution in [-0.2, 0) is 11.2 Å². The van der Waals surface area contributed by atoms with Crippen LogP contribution in [0.4, 0.5) is 8.78 Å². The largest absolute Gasteiger partial charge is 0.355 e. The van der Waals surface area contributed by atoms with Crippen molar-refractivity contribution in [1.82, 2.24) is 5.32 Å². The molecule has 1 aromatic rings. The van der Waals surface area contributed by atoms with Crippen LogP contribution in [0, 0.1) is 11.6 Å². The second-order valence-corrected chi connectivity index (χ2v) is 3.08. The summed E-state index contributed by atoms with van der Waals surface area (Å²) in [5.74, 6) is -1.52. The number of hydrogen-bond donors (Lipinski definition) is 2. The summed E-state index contributed by atoms with van der Waals surface area (Å²) in [6.07, 6.45) is 0.375. The Hall–Kier alpha value is -1.49. The standard InChI is InChI=1S/C10H12F2N2O/c11-8-3-7(4-9(12)5-8)1-2-14-10(15)6-13/h3-5H,1-2,6,13H2,(H,14,15).